The van der Waals surface area contributed by atoms with Crippen molar-refractivity contribution in [3.8, 4) is 0 Å². The van der Waals surface area contributed by atoms with E-state index >= 15 is 0 Å². The van der Waals surface area contributed by atoms with Gasteiger partial charge in [-0.3, -0.25) is 4.99 Å². The van der Waals surface area contributed by atoms with E-state index in [1.54, 1.807) is 5.57 Å². The van der Waals surface area contributed by atoms with Crippen molar-refractivity contribution in [1.82, 2.24) is 5.32 Å². The lowest BCUT2D eigenvalue weighted by Gasteiger charge is -2.57. The highest BCUT2D eigenvalue weighted by Gasteiger charge is 2.62. The van der Waals surface area contributed by atoms with Crippen molar-refractivity contribution in [2.45, 2.75) is 77.3 Å². The zero-order chi connectivity index (χ0) is 16.5. The second kappa shape index (κ2) is 5.19. The van der Waals surface area contributed by atoms with Crippen LogP contribution in [-0.2, 0) is 0 Å². The van der Waals surface area contributed by atoms with E-state index in [4.69, 9.17) is 4.99 Å². The van der Waals surface area contributed by atoms with Crippen LogP contribution in [0, 0.1) is 34.5 Å². The van der Waals surface area contributed by atoms with Crippen molar-refractivity contribution < 1.29 is 0 Å². The average Bonchev–Trinajstić information content (AvgIpc) is 3.12. The number of fused-ring (bicyclic) bond motifs is 4. The third kappa shape index (κ3) is 1.84. The molecule has 5 aliphatic rings. The van der Waals surface area contributed by atoms with E-state index in [-0.39, 0.29) is 0 Å². The van der Waals surface area contributed by atoms with Crippen LogP contribution in [0.15, 0.2) is 16.6 Å². The van der Waals surface area contributed by atoms with Crippen molar-refractivity contribution in [1.29, 1.82) is 0 Å². The van der Waals surface area contributed by atoms with Crippen LogP contribution < -0.4 is 5.32 Å². The Hall–Kier alpha value is -0.630. The molecule has 1 heterocycles. The summed E-state index contributed by atoms with van der Waals surface area (Å²) >= 11 is 0. The van der Waals surface area contributed by atoms with Crippen LogP contribution in [0.5, 0.6) is 0 Å². The first-order valence-corrected chi connectivity index (χ1v) is 10.5. The van der Waals surface area contributed by atoms with Gasteiger partial charge in [0.2, 0.25) is 0 Å². The van der Waals surface area contributed by atoms with Gasteiger partial charge in [0, 0.05) is 17.7 Å². The van der Waals surface area contributed by atoms with Crippen LogP contribution in [0.1, 0.15) is 65.2 Å². The molecule has 0 aromatic heterocycles. The maximum atomic E-state index is 4.90. The summed E-state index contributed by atoms with van der Waals surface area (Å²) in [6.07, 6.45) is 16.3. The highest BCUT2D eigenvalue weighted by Crippen LogP contribution is 2.67. The molecule has 0 amide bonds. The lowest BCUT2D eigenvalue weighted by Crippen LogP contribution is -2.52. The molecule has 0 saturated heterocycles. The minimum atomic E-state index is 0.491. The molecule has 8 atom stereocenters. The number of hydrogen-bond donors (Lipinski definition) is 1. The number of hydrogen-bond acceptors (Lipinski definition) is 2. The molecule has 0 bridgehead atoms. The molecule has 0 radical (unpaired) electrons. The van der Waals surface area contributed by atoms with Crippen LogP contribution in [-0.4, -0.2) is 25.3 Å². The minimum absolute atomic E-state index is 0.491. The smallest absolute Gasteiger partial charge is 0.0504 e. The minimum Gasteiger partial charge on any atom is -0.317 e. The molecule has 0 aromatic carbocycles. The molecule has 5 rings (SSSR count). The quantitative estimate of drug-likeness (QED) is 0.699. The van der Waals surface area contributed by atoms with Crippen molar-refractivity contribution in [3.63, 3.8) is 0 Å². The predicted octanol–water partition coefficient (Wildman–Crippen LogP) is 4.61. The summed E-state index contributed by atoms with van der Waals surface area (Å²) < 4.78 is 0. The van der Waals surface area contributed by atoms with Crippen molar-refractivity contribution in [2.24, 2.45) is 39.5 Å². The highest BCUT2D eigenvalue weighted by molar-refractivity contribution is 5.71. The summed E-state index contributed by atoms with van der Waals surface area (Å²) in [5.41, 5.74) is 2.79. The van der Waals surface area contributed by atoms with Gasteiger partial charge in [-0.1, -0.05) is 18.6 Å². The first-order chi connectivity index (χ1) is 11.6. The van der Waals surface area contributed by atoms with Crippen LogP contribution in [0.25, 0.3) is 0 Å². The summed E-state index contributed by atoms with van der Waals surface area (Å²) in [6, 6.07) is 1.30. The van der Waals surface area contributed by atoms with E-state index in [1.165, 1.54) is 51.4 Å². The molecule has 2 nitrogen and oxygen atoms in total. The van der Waals surface area contributed by atoms with E-state index < -0.39 is 0 Å². The summed E-state index contributed by atoms with van der Waals surface area (Å²) in [6.45, 7) is 4.99. The zero-order valence-electron chi connectivity index (χ0n) is 15.7. The van der Waals surface area contributed by atoms with E-state index in [9.17, 15) is 0 Å². The number of aliphatic imine (C=N–C) groups is 1. The molecule has 0 aromatic rings. The summed E-state index contributed by atoms with van der Waals surface area (Å²) in [7, 11) is 2.14. The Labute approximate surface area is 147 Å². The lowest BCUT2D eigenvalue weighted by molar-refractivity contribution is -0.0157. The molecule has 1 aliphatic heterocycles. The molecule has 8 unspecified atom stereocenters. The van der Waals surface area contributed by atoms with Gasteiger partial charge < -0.3 is 5.32 Å². The molecule has 1 N–H and O–H groups in total. The Morgan fingerprint density at radius 2 is 1.92 bits per heavy atom. The Kier molecular flexibility index (Phi) is 3.38. The van der Waals surface area contributed by atoms with Crippen molar-refractivity contribution in [3.05, 3.63) is 11.6 Å². The summed E-state index contributed by atoms with van der Waals surface area (Å²) in [5, 5.41) is 3.54. The monoisotopic (exact) mass is 326 g/mol. The van der Waals surface area contributed by atoms with Gasteiger partial charge in [0.15, 0.2) is 0 Å². The molecule has 4 aliphatic carbocycles. The van der Waals surface area contributed by atoms with E-state index in [0.29, 0.717) is 16.9 Å². The van der Waals surface area contributed by atoms with Crippen molar-refractivity contribution in [2.75, 3.05) is 7.05 Å². The van der Waals surface area contributed by atoms with Gasteiger partial charge in [-0.25, -0.2) is 0 Å². The molecule has 2 heteroatoms. The third-order valence-electron chi connectivity index (χ3n) is 9.30. The van der Waals surface area contributed by atoms with Gasteiger partial charge in [-0.05, 0) is 94.4 Å². The molecular formula is C22H34N2. The Balaban J connectivity index is 1.48. The number of nitrogens with one attached hydrogen (secondary N) is 1. The molecule has 1 spiro atoms. The number of nitrogens with zero attached hydrogens (tertiary/aromatic N) is 1. The maximum Gasteiger partial charge on any atom is 0.0504 e. The van der Waals surface area contributed by atoms with Gasteiger partial charge >= 0.3 is 0 Å². The van der Waals surface area contributed by atoms with E-state index in [1.807, 2.05) is 0 Å². The lowest BCUT2D eigenvalue weighted by atomic mass is 9.47. The number of allylic oxidation sites excluding steroid dienone is 1. The van der Waals surface area contributed by atoms with Gasteiger partial charge in [0.1, 0.15) is 0 Å². The second-order valence-electron chi connectivity index (χ2n) is 9.84. The molecule has 3 saturated carbocycles. The Morgan fingerprint density at radius 1 is 1.08 bits per heavy atom. The zero-order valence-corrected chi connectivity index (χ0v) is 15.7. The molecule has 3 fully saturated rings. The fourth-order valence-corrected chi connectivity index (χ4v) is 7.98. The topological polar surface area (TPSA) is 24.4 Å². The van der Waals surface area contributed by atoms with E-state index in [2.05, 4.69) is 38.5 Å². The Morgan fingerprint density at radius 3 is 2.75 bits per heavy atom. The summed E-state index contributed by atoms with van der Waals surface area (Å²) in [4.78, 5) is 4.90. The first-order valence-electron chi connectivity index (χ1n) is 10.5. The summed E-state index contributed by atoms with van der Waals surface area (Å²) in [5.74, 6) is 3.66. The number of rotatable bonds is 1. The second-order valence-corrected chi connectivity index (χ2v) is 9.84. The van der Waals surface area contributed by atoms with Crippen LogP contribution in [0.2, 0.25) is 0 Å². The van der Waals surface area contributed by atoms with Crippen LogP contribution in [0.4, 0.5) is 0 Å². The molecule has 132 valence electrons. The SMILES string of the molecule is CNC1CCC2(C)C(=CCC3C2CCC24C=NC(C)C2CCC34)C1. The highest BCUT2D eigenvalue weighted by atomic mass is 14.9. The maximum absolute atomic E-state index is 4.90. The predicted molar refractivity (Wildman–Crippen MR) is 100 cm³/mol. The van der Waals surface area contributed by atoms with Gasteiger partial charge in [-0.15, -0.1) is 0 Å². The average molecular weight is 327 g/mol. The van der Waals surface area contributed by atoms with Gasteiger partial charge in [-0.2, -0.15) is 0 Å². The largest absolute Gasteiger partial charge is 0.317 e. The van der Waals surface area contributed by atoms with Gasteiger partial charge in [0.25, 0.3) is 0 Å². The van der Waals surface area contributed by atoms with Crippen molar-refractivity contribution >= 4 is 6.21 Å². The van der Waals surface area contributed by atoms with Crippen LogP contribution >= 0.6 is 0 Å². The Bertz CT molecular complexity index is 593. The fourth-order valence-electron chi connectivity index (χ4n) is 7.98. The van der Waals surface area contributed by atoms with Gasteiger partial charge in [0.05, 0.1) is 6.04 Å². The molecular weight excluding hydrogens is 292 g/mol. The van der Waals surface area contributed by atoms with Crippen LogP contribution in [0.3, 0.4) is 0 Å². The normalized spacial score (nSPS) is 55.4. The fraction of sp³-hybridized carbons (Fsp3) is 0.864. The van der Waals surface area contributed by atoms with E-state index in [0.717, 1.165) is 29.7 Å². The molecule has 24 heavy (non-hydrogen) atoms. The first kappa shape index (κ1) is 15.6. The standard InChI is InChI=1S/C22H34N2/c1-14-18-6-7-20-17-5-4-15-12-16(23-3)8-10-21(15,2)19(17)9-11-22(18,20)13-24-14/h4,13-14,16-20,23H,5-12H2,1-3H3. The third-order valence-corrected chi connectivity index (χ3v) is 9.30.